The lowest BCUT2D eigenvalue weighted by atomic mass is 9.75. The molecular weight excluding hydrogens is 580 g/mol. The summed E-state index contributed by atoms with van der Waals surface area (Å²) in [6.07, 6.45) is 4.05. The average Bonchev–Trinajstić information content (AvgIpc) is 3.67. The molecule has 3 aliphatic rings. The number of hydrogen-bond acceptors (Lipinski definition) is 6. The molecular formula is C38H46N2O6. The lowest BCUT2D eigenvalue weighted by molar-refractivity contribution is -0.143. The summed E-state index contributed by atoms with van der Waals surface area (Å²) in [5.41, 5.74) is 6.89. The lowest BCUT2D eigenvalue weighted by Crippen LogP contribution is -2.35. The lowest BCUT2D eigenvalue weighted by Gasteiger charge is -2.33. The number of carbonyl (C=O) groups is 2. The van der Waals surface area contributed by atoms with E-state index in [9.17, 15) is 14.7 Å². The Morgan fingerprint density at radius 3 is 2.33 bits per heavy atom. The summed E-state index contributed by atoms with van der Waals surface area (Å²) in [4.78, 5) is 29.0. The van der Waals surface area contributed by atoms with Gasteiger partial charge in [-0.3, -0.25) is 14.5 Å². The van der Waals surface area contributed by atoms with Crippen LogP contribution in [0.1, 0.15) is 79.0 Å². The third-order valence-corrected chi connectivity index (χ3v) is 10.4. The van der Waals surface area contributed by atoms with Crippen LogP contribution in [0.4, 0.5) is 5.69 Å². The van der Waals surface area contributed by atoms with Crippen molar-refractivity contribution >= 4 is 17.6 Å². The van der Waals surface area contributed by atoms with E-state index in [1.807, 2.05) is 48.2 Å². The van der Waals surface area contributed by atoms with Gasteiger partial charge < -0.3 is 24.6 Å². The highest BCUT2D eigenvalue weighted by Gasteiger charge is 2.48. The van der Waals surface area contributed by atoms with Gasteiger partial charge in [-0.2, -0.15) is 0 Å². The predicted molar refractivity (Wildman–Crippen MR) is 178 cm³/mol. The molecule has 2 N–H and O–H groups in total. The number of nitrogens with zero attached hydrogens (tertiary/aromatic N) is 1. The Labute approximate surface area is 272 Å². The quantitative estimate of drug-likeness (QED) is 0.235. The van der Waals surface area contributed by atoms with Gasteiger partial charge in [0, 0.05) is 24.2 Å². The zero-order chi connectivity index (χ0) is 32.5. The first kappa shape index (κ1) is 31.9. The maximum Gasteiger partial charge on any atom is 0.309 e. The molecule has 0 aromatic heterocycles. The van der Waals surface area contributed by atoms with Crippen LogP contribution in [0.2, 0.25) is 0 Å². The van der Waals surface area contributed by atoms with Crippen molar-refractivity contribution in [1.29, 1.82) is 0 Å². The van der Waals surface area contributed by atoms with Crippen molar-refractivity contribution in [2.24, 2.45) is 17.8 Å². The fourth-order valence-electron chi connectivity index (χ4n) is 7.61. The zero-order valence-corrected chi connectivity index (χ0v) is 27.6. The van der Waals surface area contributed by atoms with E-state index in [1.54, 1.807) is 0 Å². The molecule has 1 saturated carbocycles. The molecule has 2 fully saturated rings. The molecule has 1 aliphatic carbocycles. The van der Waals surface area contributed by atoms with E-state index in [2.05, 4.69) is 45.1 Å². The van der Waals surface area contributed by atoms with Gasteiger partial charge in [-0.05, 0) is 97.4 Å². The van der Waals surface area contributed by atoms with Crippen LogP contribution in [-0.2, 0) is 22.4 Å². The summed E-state index contributed by atoms with van der Waals surface area (Å²) in [5, 5.41) is 14.0. The van der Waals surface area contributed by atoms with Gasteiger partial charge in [0.05, 0.1) is 19.1 Å². The average molecular weight is 627 g/mol. The molecule has 2 aliphatic heterocycles. The van der Waals surface area contributed by atoms with Gasteiger partial charge in [0.15, 0.2) is 11.5 Å². The molecule has 0 bridgehead atoms. The Kier molecular flexibility index (Phi) is 9.27. The number of carbonyl (C=O) groups excluding carboxylic acids is 1. The van der Waals surface area contributed by atoms with Crippen LogP contribution in [0, 0.1) is 31.6 Å². The molecule has 6 rings (SSSR count). The number of likely N-dealkylation sites (tertiary alicyclic amines) is 1. The van der Waals surface area contributed by atoms with E-state index in [4.69, 9.17) is 14.2 Å². The number of ether oxygens (including phenoxy) is 3. The molecule has 1 saturated heterocycles. The van der Waals surface area contributed by atoms with Gasteiger partial charge in [-0.1, -0.05) is 56.7 Å². The minimum atomic E-state index is -0.894. The van der Waals surface area contributed by atoms with E-state index in [0.717, 1.165) is 52.1 Å². The van der Waals surface area contributed by atoms with Crippen LogP contribution in [0.3, 0.4) is 0 Å². The number of carboxylic acids is 1. The molecule has 8 nitrogen and oxygen atoms in total. The summed E-state index contributed by atoms with van der Waals surface area (Å²) < 4.78 is 17.5. The van der Waals surface area contributed by atoms with Crippen molar-refractivity contribution in [3.63, 3.8) is 0 Å². The fourth-order valence-corrected chi connectivity index (χ4v) is 7.61. The van der Waals surface area contributed by atoms with Crippen LogP contribution in [0.25, 0.3) is 0 Å². The molecule has 3 aromatic rings. The first-order valence-corrected chi connectivity index (χ1v) is 16.7. The number of benzene rings is 3. The van der Waals surface area contributed by atoms with E-state index in [0.29, 0.717) is 36.5 Å². The van der Waals surface area contributed by atoms with Gasteiger partial charge >= 0.3 is 5.97 Å². The van der Waals surface area contributed by atoms with Crippen molar-refractivity contribution < 1.29 is 28.9 Å². The highest BCUT2D eigenvalue weighted by molar-refractivity contribution is 5.94. The van der Waals surface area contributed by atoms with Gasteiger partial charge in [0.2, 0.25) is 12.7 Å². The van der Waals surface area contributed by atoms with Crippen molar-refractivity contribution in [3.8, 4) is 17.2 Å². The molecule has 5 atom stereocenters. The second kappa shape index (κ2) is 13.4. The third kappa shape index (κ3) is 6.19. The van der Waals surface area contributed by atoms with E-state index < -0.39 is 17.9 Å². The van der Waals surface area contributed by atoms with E-state index in [1.165, 1.54) is 18.4 Å². The first-order valence-electron chi connectivity index (χ1n) is 16.7. The van der Waals surface area contributed by atoms with Crippen molar-refractivity contribution in [1.82, 2.24) is 4.90 Å². The maximum atomic E-state index is 13.8. The van der Waals surface area contributed by atoms with Crippen molar-refractivity contribution in [2.75, 3.05) is 31.8 Å². The normalized spacial score (nSPS) is 23.6. The molecule has 244 valence electrons. The molecule has 8 heteroatoms. The standard InChI is InChI=1S/C38H46N2O6/c1-6-25-16-22(3)17-26(7-2)35(25)39-33(41)19-40-18-31(30-14-15-32-37(24(30)5)46-21-45-32)34(38(42)43)36(40)27-10-12-29(13-11-27)44-20-28-9-8-23(28)4/h10-17,23,28,31,34,36H,6-9,18-21H2,1-5H3,(H,39,41)(H,42,43)/t23?,28-,31+,34+,36-/m0/s1. The Morgan fingerprint density at radius 1 is 1.00 bits per heavy atom. The van der Waals surface area contributed by atoms with Crippen LogP contribution in [0.15, 0.2) is 48.5 Å². The Balaban J connectivity index is 1.31. The smallest absolute Gasteiger partial charge is 0.309 e. The van der Waals surface area contributed by atoms with Gasteiger partial charge in [-0.25, -0.2) is 0 Å². The minimum absolute atomic E-state index is 0.0621. The second-order valence-corrected chi connectivity index (χ2v) is 13.3. The molecule has 1 unspecified atom stereocenters. The number of carboxylic acid groups (broad SMARTS) is 1. The number of amides is 1. The summed E-state index contributed by atoms with van der Waals surface area (Å²) in [6, 6.07) is 15.3. The number of aryl methyl sites for hydroxylation is 3. The van der Waals surface area contributed by atoms with Gasteiger partial charge in [0.25, 0.3) is 0 Å². The molecule has 0 spiro atoms. The SMILES string of the molecule is CCc1cc(C)cc(CC)c1NC(=O)CN1C[C@H](c2ccc3c(c2C)OCO3)[C@@H](C(=O)O)[C@@H]1c1ccc(OC[C@@H]2CCC2C)cc1. The topological polar surface area (TPSA) is 97.3 Å². The molecule has 1 amide bonds. The zero-order valence-electron chi connectivity index (χ0n) is 27.6. The maximum absolute atomic E-state index is 13.8. The first-order chi connectivity index (χ1) is 22.2. The predicted octanol–water partition coefficient (Wildman–Crippen LogP) is 7.06. The highest BCUT2D eigenvalue weighted by atomic mass is 16.7. The Hall–Kier alpha value is -4.04. The van der Waals surface area contributed by atoms with Gasteiger partial charge in [0.1, 0.15) is 5.75 Å². The number of hydrogen-bond donors (Lipinski definition) is 2. The van der Waals surface area contributed by atoms with Crippen LogP contribution < -0.4 is 19.5 Å². The number of fused-ring (bicyclic) bond motifs is 1. The van der Waals surface area contributed by atoms with Crippen LogP contribution >= 0.6 is 0 Å². The van der Waals surface area contributed by atoms with Crippen LogP contribution in [0.5, 0.6) is 17.2 Å². The summed E-state index contributed by atoms with van der Waals surface area (Å²) in [7, 11) is 0. The summed E-state index contributed by atoms with van der Waals surface area (Å²) in [6.45, 7) is 11.8. The number of nitrogens with one attached hydrogen (secondary N) is 1. The summed E-state index contributed by atoms with van der Waals surface area (Å²) >= 11 is 0. The molecule has 0 radical (unpaired) electrons. The second-order valence-electron chi connectivity index (χ2n) is 13.3. The van der Waals surface area contributed by atoms with Crippen molar-refractivity contribution in [2.45, 2.75) is 72.3 Å². The minimum Gasteiger partial charge on any atom is -0.493 e. The highest BCUT2D eigenvalue weighted by Crippen LogP contribution is 2.49. The largest absolute Gasteiger partial charge is 0.493 e. The summed E-state index contributed by atoms with van der Waals surface area (Å²) in [5.74, 6) is 1.18. The fraction of sp³-hybridized carbons (Fsp3) is 0.474. The Morgan fingerprint density at radius 2 is 1.72 bits per heavy atom. The van der Waals surface area contributed by atoms with E-state index >= 15 is 0 Å². The molecule has 3 aromatic carbocycles. The molecule has 2 heterocycles. The number of aliphatic carboxylic acids is 1. The molecule has 46 heavy (non-hydrogen) atoms. The number of anilines is 1. The van der Waals surface area contributed by atoms with Gasteiger partial charge in [-0.15, -0.1) is 0 Å². The van der Waals surface area contributed by atoms with Crippen LogP contribution in [-0.4, -0.2) is 48.4 Å². The number of rotatable bonds is 11. The van der Waals surface area contributed by atoms with Crippen molar-refractivity contribution in [3.05, 3.63) is 81.9 Å². The third-order valence-electron chi connectivity index (χ3n) is 10.4. The monoisotopic (exact) mass is 626 g/mol. The van der Waals surface area contributed by atoms with E-state index in [-0.39, 0.29) is 25.2 Å². The Bertz CT molecular complexity index is 1580.